The first-order valence-electron chi connectivity index (χ1n) is 6.35. The molecule has 0 saturated heterocycles. The Balaban J connectivity index is 0. The number of hydrogen-bond donors (Lipinski definition) is 0. The van der Waals surface area contributed by atoms with E-state index in [-0.39, 0.29) is 23.9 Å². The SMILES string of the molecule is CCC[CH2][SnH]([CH2]CCC)[CH2]CCC.[SnH4]. The van der Waals surface area contributed by atoms with E-state index >= 15 is 0 Å². The molecule has 0 spiro atoms. The van der Waals surface area contributed by atoms with Crippen LogP contribution in [0.1, 0.15) is 59.3 Å². The Morgan fingerprint density at radius 1 is 0.643 bits per heavy atom. The van der Waals surface area contributed by atoms with E-state index in [1.54, 1.807) is 13.3 Å². The molecule has 0 aromatic rings. The monoisotopic (exact) mass is 416 g/mol. The standard InChI is InChI=1S/3C4H9.2Sn.5H/c3*1-3-4-2;;;;;;;/h3*1,3-4H2,2H3;;;;;;;. The van der Waals surface area contributed by atoms with Gasteiger partial charge in [0.2, 0.25) is 0 Å². The zero-order valence-electron chi connectivity index (χ0n) is 9.94. The molecule has 0 aliphatic rings. The Hall–Kier alpha value is 1.60. The number of rotatable bonds is 9. The van der Waals surface area contributed by atoms with E-state index in [9.17, 15) is 0 Å². The topological polar surface area (TPSA) is 0 Å². The fourth-order valence-electron chi connectivity index (χ4n) is 1.91. The van der Waals surface area contributed by atoms with Crippen molar-refractivity contribution in [2.75, 3.05) is 0 Å². The van der Waals surface area contributed by atoms with E-state index in [0.29, 0.717) is 0 Å². The van der Waals surface area contributed by atoms with Gasteiger partial charge in [0.15, 0.2) is 0 Å². The van der Waals surface area contributed by atoms with Crippen LogP contribution in [0.25, 0.3) is 0 Å². The normalized spacial score (nSPS) is 10.3. The van der Waals surface area contributed by atoms with Crippen molar-refractivity contribution in [1.82, 2.24) is 0 Å². The third kappa shape index (κ3) is 11.7. The first-order valence-corrected chi connectivity index (χ1v) is 13.3. The van der Waals surface area contributed by atoms with Gasteiger partial charge in [-0.25, -0.2) is 0 Å². The quantitative estimate of drug-likeness (QED) is 0.509. The van der Waals surface area contributed by atoms with E-state index in [2.05, 4.69) is 20.8 Å². The molecule has 0 atom stereocenters. The molecule has 0 nitrogen and oxygen atoms in total. The molecule has 0 heterocycles. The summed E-state index contributed by atoms with van der Waals surface area (Å²) in [5, 5.41) is 0. The van der Waals surface area contributed by atoms with Crippen LogP contribution in [0.2, 0.25) is 13.3 Å². The number of unbranched alkanes of at least 4 members (excludes halogenated alkanes) is 3. The van der Waals surface area contributed by atoms with E-state index in [4.69, 9.17) is 0 Å². The van der Waals surface area contributed by atoms with Crippen molar-refractivity contribution in [1.29, 1.82) is 0 Å². The van der Waals surface area contributed by atoms with Crippen LogP contribution in [0.3, 0.4) is 0 Å². The molecule has 0 bridgehead atoms. The zero-order chi connectivity index (χ0) is 9.94. The van der Waals surface area contributed by atoms with Crippen molar-refractivity contribution in [3.63, 3.8) is 0 Å². The minimum atomic E-state index is -0.967. The predicted octanol–water partition coefficient (Wildman–Crippen LogP) is 3.16. The van der Waals surface area contributed by atoms with E-state index in [1.165, 1.54) is 38.5 Å². The fraction of sp³-hybridized carbons (Fsp3) is 1.00. The van der Waals surface area contributed by atoms with E-state index in [0.717, 1.165) is 0 Å². The van der Waals surface area contributed by atoms with Crippen LogP contribution >= 0.6 is 0 Å². The first kappa shape index (κ1) is 18.0. The van der Waals surface area contributed by atoms with Gasteiger partial charge in [-0.2, -0.15) is 0 Å². The molecule has 0 rings (SSSR count). The summed E-state index contributed by atoms with van der Waals surface area (Å²) in [7, 11) is 0. The molecular weight excluding hydrogens is 382 g/mol. The maximum atomic E-state index is 2.34. The van der Waals surface area contributed by atoms with Gasteiger partial charge >= 0.3 is 116 Å². The second-order valence-corrected chi connectivity index (χ2v) is 14.2. The van der Waals surface area contributed by atoms with Crippen LogP contribution < -0.4 is 0 Å². The van der Waals surface area contributed by atoms with Crippen LogP contribution in [0.15, 0.2) is 0 Å². The molecule has 0 amide bonds. The average molecular weight is 414 g/mol. The third-order valence-electron chi connectivity index (χ3n) is 2.90. The van der Waals surface area contributed by atoms with Gasteiger partial charge in [0.05, 0.1) is 0 Å². The van der Waals surface area contributed by atoms with Gasteiger partial charge in [-0.15, -0.1) is 0 Å². The Morgan fingerprint density at radius 3 is 1.14 bits per heavy atom. The summed E-state index contributed by atoms with van der Waals surface area (Å²) in [4.78, 5) is 0. The van der Waals surface area contributed by atoms with Crippen LogP contribution in [-0.4, -0.2) is 43.7 Å². The second-order valence-electron chi connectivity index (χ2n) is 4.29. The summed E-state index contributed by atoms with van der Waals surface area (Å²) in [5.41, 5.74) is 0. The molecule has 0 fully saturated rings. The third-order valence-corrected chi connectivity index (χ3v) is 13.4. The summed E-state index contributed by atoms with van der Waals surface area (Å²) < 4.78 is 5.08. The van der Waals surface area contributed by atoms with Crippen LogP contribution in [0.5, 0.6) is 0 Å². The summed E-state index contributed by atoms with van der Waals surface area (Å²) in [5.74, 6) is 0. The maximum absolute atomic E-state index is 2.34. The summed E-state index contributed by atoms with van der Waals surface area (Å²) in [6.45, 7) is 7.01. The van der Waals surface area contributed by atoms with Crippen molar-refractivity contribution in [3.8, 4) is 0 Å². The Bertz CT molecular complexity index is 75.3. The van der Waals surface area contributed by atoms with Crippen LogP contribution in [0.4, 0.5) is 0 Å². The molecule has 88 valence electrons. The van der Waals surface area contributed by atoms with Gasteiger partial charge in [0, 0.05) is 0 Å². The molecule has 0 aliphatic heterocycles. The molecule has 0 saturated carbocycles. The molecule has 14 heavy (non-hydrogen) atoms. The molecule has 0 radical (unpaired) electrons. The molecule has 0 N–H and O–H groups in total. The van der Waals surface area contributed by atoms with Gasteiger partial charge < -0.3 is 0 Å². The fourth-order valence-corrected chi connectivity index (χ4v) is 12.8. The Labute approximate surface area is 115 Å². The molecule has 0 aromatic carbocycles. The summed E-state index contributed by atoms with van der Waals surface area (Å²) in [6.07, 6.45) is 8.87. The van der Waals surface area contributed by atoms with Gasteiger partial charge in [-0.1, -0.05) is 0 Å². The van der Waals surface area contributed by atoms with Gasteiger partial charge in [-0.3, -0.25) is 0 Å². The predicted molar refractivity (Wildman–Crippen MR) is 77.6 cm³/mol. The van der Waals surface area contributed by atoms with Crippen molar-refractivity contribution in [2.24, 2.45) is 0 Å². The van der Waals surface area contributed by atoms with Crippen LogP contribution in [0, 0.1) is 0 Å². The number of hydrogen-bond acceptors (Lipinski definition) is 0. The second kappa shape index (κ2) is 14.6. The summed E-state index contributed by atoms with van der Waals surface area (Å²) in [6, 6.07) is 0. The van der Waals surface area contributed by atoms with Crippen molar-refractivity contribution >= 4 is 43.7 Å². The average Bonchev–Trinajstić information content (AvgIpc) is 2.17. The first-order chi connectivity index (χ1) is 6.35. The molecule has 0 aromatic heterocycles. The van der Waals surface area contributed by atoms with Crippen molar-refractivity contribution < 1.29 is 0 Å². The molecule has 2 heteroatoms. The Morgan fingerprint density at radius 2 is 0.929 bits per heavy atom. The van der Waals surface area contributed by atoms with Gasteiger partial charge in [0.1, 0.15) is 0 Å². The molecular formula is C12H32Sn2. The van der Waals surface area contributed by atoms with E-state index in [1.807, 2.05) is 0 Å². The molecule has 0 aliphatic carbocycles. The minimum absolute atomic E-state index is 0. The van der Waals surface area contributed by atoms with Crippen LogP contribution in [-0.2, 0) is 0 Å². The summed E-state index contributed by atoms with van der Waals surface area (Å²) >= 11 is -0.967. The van der Waals surface area contributed by atoms with Gasteiger partial charge in [0.25, 0.3) is 0 Å². The van der Waals surface area contributed by atoms with Crippen molar-refractivity contribution in [3.05, 3.63) is 0 Å². The Kier molecular flexibility index (Phi) is 18.7. The zero-order valence-corrected chi connectivity index (χ0v) is 13.2. The van der Waals surface area contributed by atoms with Crippen molar-refractivity contribution in [2.45, 2.75) is 72.6 Å². The van der Waals surface area contributed by atoms with Gasteiger partial charge in [-0.05, 0) is 0 Å². The van der Waals surface area contributed by atoms with E-state index < -0.39 is 19.8 Å². The molecule has 0 unspecified atom stereocenters.